The van der Waals surface area contributed by atoms with E-state index in [1.54, 1.807) is 26.0 Å². The molecule has 1 N–H and O–H groups in total. The number of thiophene rings is 1. The van der Waals surface area contributed by atoms with Crippen LogP contribution in [0.5, 0.6) is 0 Å². The lowest BCUT2D eigenvalue weighted by atomic mass is 10.0. The number of aryl methyl sites for hydroxylation is 1. The van der Waals surface area contributed by atoms with Crippen molar-refractivity contribution in [1.29, 1.82) is 0 Å². The summed E-state index contributed by atoms with van der Waals surface area (Å²) in [5.74, 6) is -2.05. The highest BCUT2D eigenvalue weighted by Crippen LogP contribution is 2.43. The van der Waals surface area contributed by atoms with E-state index in [1.807, 2.05) is 18.2 Å². The minimum Gasteiger partial charge on any atom is -0.462 e. The molecule has 0 unspecified atom stereocenters. The van der Waals surface area contributed by atoms with E-state index in [1.165, 1.54) is 12.4 Å². The van der Waals surface area contributed by atoms with Crippen molar-refractivity contribution >= 4 is 45.8 Å². The Morgan fingerprint density at radius 2 is 1.81 bits per heavy atom. The van der Waals surface area contributed by atoms with E-state index < -0.39 is 24.5 Å². The van der Waals surface area contributed by atoms with Crippen LogP contribution in [0.2, 0.25) is 4.34 Å². The minimum atomic E-state index is -0.789. The third kappa shape index (κ3) is 5.44. The molecule has 2 aromatic heterocycles. The molecule has 0 aliphatic rings. The quantitative estimate of drug-likeness (QED) is 0.529. The molecule has 0 spiro atoms. The number of aromatic nitrogens is 2. The van der Waals surface area contributed by atoms with E-state index in [-0.39, 0.29) is 22.9 Å². The maximum Gasteiger partial charge on any atom is 0.359 e. The minimum absolute atomic E-state index is 0.0175. The first-order chi connectivity index (χ1) is 14.9. The molecule has 0 aliphatic heterocycles. The van der Waals surface area contributed by atoms with Crippen molar-refractivity contribution in [3.63, 3.8) is 0 Å². The summed E-state index contributed by atoms with van der Waals surface area (Å²) in [4.78, 5) is 44.9. The number of rotatable bonds is 7. The van der Waals surface area contributed by atoms with Gasteiger partial charge in [-0.25, -0.2) is 14.6 Å². The molecule has 1 aromatic carbocycles. The molecule has 1 amide bonds. The number of halogens is 1. The van der Waals surface area contributed by atoms with Gasteiger partial charge in [0.1, 0.15) is 14.9 Å². The fraction of sp³-hybridized carbons (Fsp3) is 0.190. The molecule has 0 radical (unpaired) electrons. The number of ether oxygens (including phenoxy) is 2. The molecule has 10 heteroatoms. The van der Waals surface area contributed by atoms with Crippen molar-refractivity contribution < 1.29 is 23.9 Å². The van der Waals surface area contributed by atoms with Crippen molar-refractivity contribution in [3.05, 3.63) is 64.0 Å². The topological polar surface area (TPSA) is 107 Å². The highest BCUT2D eigenvalue weighted by atomic mass is 35.5. The van der Waals surface area contributed by atoms with E-state index in [9.17, 15) is 14.4 Å². The van der Waals surface area contributed by atoms with Gasteiger partial charge in [0.05, 0.1) is 18.5 Å². The van der Waals surface area contributed by atoms with E-state index in [0.717, 1.165) is 11.3 Å². The molecule has 0 saturated heterocycles. The third-order valence-corrected chi connectivity index (χ3v) is 5.30. The van der Waals surface area contributed by atoms with Crippen LogP contribution in [0, 0.1) is 6.92 Å². The molecule has 3 rings (SSSR count). The van der Waals surface area contributed by atoms with Crippen molar-refractivity contribution in [2.24, 2.45) is 0 Å². The highest BCUT2D eigenvalue weighted by Gasteiger charge is 2.26. The Labute approximate surface area is 187 Å². The number of nitrogens with one attached hydrogen (secondary N) is 1. The predicted molar refractivity (Wildman–Crippen MR) is 116 cm³/mol. The Hall–Kier alpha value is -3.30. The first-order valence-corrected chi connectivity index (χ1v) is 10.4. The molecule has 0 saturated carbocycles. The first-order valence-electron chi connectivity index (χ1n) is 9.21. The van der Waals surface area contributed by atoms with Gasteiger partial charge in [0.15, 0.2) is 12.3 Å². The number of benzene rings is 1. The van der Waals surface area contributed by atoms with Crippen LogP contribution in [0.15, 0.2) is 42.7 Å². The summed E-state index contributed by atoms with van der Waals surface area (Å²) in [6.45, 7) is 2.99. The maximum absolute atomic E-state index is 12.6. The summed E-state index contributed by atoms with van der Waals surface area (Å²) in [5, 5.41) is 2.78. The van der Waals surface area contributed by atoms with Crippen LogP contribution in [0.25, 0.3) is 11.1 Å². The van der Waals surface area contributed by atoms with E-state index in [2.05, 4.69) is 15.3 Å². The van der Waals surface area contributed by atoms with Crippen LogP contribution >= 0.6 is 22.9 Å². The largest absolute Gasteiger partial charge is 0.462 e. The van der Waals surface area contributed by atoms with Crippen LogP contribution in [-0.4, -0.2) is 41.0 Å². The van der Waals surface area contributed by atoms with Gasteiger partial charge >= 0.3 is 11.9 Å². The fourth-order valence-corrected chi connectivity index (χ4v) is 4.01. The number of hydrogen-bond donors (Lipinski definition) is 1. The lowest BCUT2D eigenvalue weighted by molar-refractivity contribution is -0.119. The Balaban J connectivity index is 1.78. The molecule has 160 valence electrons. The van der Waals surface area contributed by atoms with Crippen molar-refractivity contribution in [1.82, 2.24) is 9.97 Å². The van der Waals surface area contributed by atoms with E-state index in [4.69, 9.17) is 21.1 Å². The van der Waals surface area contributed by atoms with E-state index >= 15 is 0 Å². The van der Waals surface area contributed by atoms with Gasteiger partial charge < -0.3 is 14.8 Å². The van der Waals surface area contributed by atoms with Gasteiger partial charge in [0.2, 0.25) is 0 Å². The SMILES string of the molecule is CCOC(=O)c1c(NC(=O)COC(=O)c2cnc(C)cn2)sc(Cl)c1-c1ccccc1. The van der Waals surface area contributed by atoms with Crippen molar-refractivity contribution in [3.8, 4) is 11.1 Å². The van der Waals surface area contributed by atoms with Crippen molar-refractivity contribution in [2.75, 3.05) is 18.5 Å². The van der Waals surface area contributed by atoms with E-state index in [0.29, 0.717) is 21.2 Å². The standard InChI is InChI=1S/C21H18ClN3O5S/c1-3-29-21(28)17-16(13-7-5-4-6-8-13)18(22)31-19(17)25-15(26)11-30-20(27)14-10-23-12(2)9-24-14/h4-10H,3,11H2,1-2H3,(H,25,26). The van der Waals surface area contributed by atoms with Crippen LogP contribution < -0.4 is 5.32 Å². The molecular weight excluding hydrogens is 442 g/mol. The number of esters is 2. The molecule has 8 nitrogen and oxygen atoms in total. The maximum atomic E-state index is 12.6. The smallest absolute Gasteiger partial charge is 0.359 e. The Morgan fingerprint density at radius 3 is 2.45 bits per heavy atom. The van der Waals surface area contributed by atoms with Crippen LogP contribution in [0.1, 0.15) is 33.5 Å². The lowest BCUT2D eigenvalue weighted by Crippen LogP contribution is -2.22. The monoisotopic (exact) mass is 459 g/mol. The number of hydrogen-bond acceptors (Lipinski definition) is 8. The molecular formula is C21H18ClN3O5S. The summed E-state index contributed by atoms with van der Waals surface area (Å²) in [5.41, 5.74) is 1.94. The normalized spacial score (nSPS) is 10.4. The van der Waals surface area contributed by atoms with Crippen LogP contribution in [0.4, 0.5) is 5.00 Å². The van der Waals surface area contributed by atoms with Gasteiger partial charge in [0, 0.05) is 11.8 Å². The van der Waals surface area contributed by atoms with Gasteiger partial charge in [-0.15, -0.1) is 11.3 Å². The molecule has 2 heterocycles. The molecule has 0 fully saturated rings. The van der Waals surface area contributed by atoms with Gasteiger partial charge in [-0.3, -0.25) is 9.78 Å². The summed E-state index contributed by atoms with van der Waals surface area (Å²) in [7, 11) is 0. The second-order valence-corrected chi connectivity index (χ2v) is 7.83. The first kappa shape index (κ1) is 22.4. The molecule has 0 aliphatic carbocycles. The predicted octanol–water partition coefficient (Wildman–Crippen LogP) is 4.14. The van der Waals surface area contributed by atoms with Gasteiger partial charge in [-0.1, -0.05) is 41.9 Å². The number of carbonyl (C=O) groups is 3. The Kier molecular flexibility index (Phi) is 7.32. The molecule has 3 aromatic rings. The number of nitrogens with zero attached hydrogens (tertiary/aromatic N) is 2. The summed E-state index contributed by atoms with van der Waals surface area (Å²) in [6, 6.07) is 9.05. The molecule has 0 bridgehead atoms. The second kappa shape index (κ2) is 10.1. The van der Waals surface area contributed by atoms with Crippen LogP contribution in [-0.2, 0) is 14.3 Å². The zero-order valence-electron chi connectivity index (χ0n) is 16.7. The summed E-state index contributed by atoms with van der Waals surface area (Å²) in [6.07, 6.45) is 2.68. The molecule has 0 atom stereocenters. The average molecular weight is 460 g/mol. The second-order valence-electron chi connectivity index (χ2n) is 6.21. The summed E-state index contributed by atoms with van der Waals surface area (Å²) < 4.78 is 10.4. The van der Waals surface area contributed by atoms with Gasteiger partial charge in [0.25, 0.3) is 5.91 Å². The Bertz CT molecular complexity index is 1100. The van der Waals surface area contributed by atoms with Crippen LogP contribution in [0.3, 0.4) is 0 Å². The lowest BCUT2D eigenvalue weighted by Gasteiger charge is -2.09. The zero-order valence-corrected chi connectivity index (χ0v) is 18.2. The number of anilines is 1. The zero-order chi connectivity index (χ0) is 22.4. The van der Waals surface area contributed by atoms with Gasteiger partial charge in [-0.05, 0) is 19.4 Å². The third-order valence-electron chi connectivity index (χ3n) is 3.98. The molecule has 31 heavy (non-hydrogen) atoms. The number of amides is 1. The number of carbonyl (C=O) groups excluding carboxylic acids is 3. The average Bonchev–Trinajstić information content (AvgIpc) is 3.08. The van der Waals surface area contributed by atoms with Crippen molar-refractivity contribution in [2.45, 2.75) is 13.8 Å². The summed E-state index contributed by atoms with van der Waals surface area (Å²) >= 11 is 7.41. The fourth-order valence-electron chi connectivity index (χ4n) is 2.62. The Morgan fingerprint density at radius 1 is 1.06 bits per heavy atom. The van der Waals surface area contributed by atoms with Gasteiger partial charge in [-0.2, -0.15) is 0 Å². The highest BCUT2D eigenvalue weighted by molar-refractivity contribution is 7.21.